The molecule has 4 rings (SSSR count). The van der Waals surface area contributed by atoms with Crippen LogP contribution in [-0.4, -0.2) is 77.8 Å². The Bertz CT molecular complexity index is 1580. The fraction of sp³-hybridized carbons (Fsp3) is 0.345. The van der Waals surface area contributed by atoms with E-state index in [-0.39, 0.29) is 11.6 Å². The third kappa shape index (κ3) is 7.37. The van der Waals surface area contributed by atoms with Crippen molar-refractivity contribution in [2.24, 2.45) is 0 Å². The van der Waals surface area contributed by atoms with Crippen LogP contribution >= 0.6 is 0 Å². The molecular weight excluding hydrogens is 544 g/mol. The largest absolute Gasteiger partial charge is 0.494 e. The molecular formula is C29H32N6O5S. The molecule has 0 bridgehead atoms. The zero-order valence-corrected chi connectivity index (χ0v) is 24.2. The summed E-state index contributed by atoms with van der Waals surface area (Å²) in [5.41, 5.74) is 1.78. The molecule has 1 saturated heterocycles. The Morgan fingerprint density at radius 1 is 0.976 bits per heavy atom. The van der Waals surface area contributed by atoms with E-state index in [1.54, 1.807) is 23.2 Å². The lowest BCUT2D eigenvalue weighted by Crippen LogP contribution is -2.49. The van der Waals surface area contributed by atoms with Gasteiger partial charge in [-0.25, -0.2) is 13.1 Å². The smallest absolute Gasteiger partial charge is 0.285 e. The lowest BCUT2D eigenvalue weighted by Gasteiger charge is -2.35. The van der Waals surface area contributed by atoms with Crippen molar-refractivity contribution in [3.05, 3.63) is 77.2 Å². The maximum Gasteiger partial charge on any atom is 0.285 e. The zero-order valence-electron chi connectivity index (χ0n) is 23.4. The van der Waals surface area contributed by atoms with E-state index in [0.29, 0.717) is 49.7 Å². The summed E-state index contributed by atoms with van der Waals surface area (Å²) in [6.07, 6.45) is 3.15. The van der Waals surface area contributed by atoms with Gasteiger partial charge in [0.05, 0.1) is 16.9 Å². The van der Waals surface area contributed by atoms with Crippen molar-refractivity contribution < 1.29 is 22.7 Å². The van der Waals surface area contributed by atoms with Gasteiger partial charge in [-0.2, -0.15) is 0 Å². The van der Waals surface area contributed by atoms with Crippen LogP contribution in [0.3, 0.4) is 0 Å². The summed E-state index contributed by atoms with van der Waals surface area (Å²) >= 11 is 0. The second-order valence-corrected chi connectivity index (χ2v) is 12.7. The van der Waals surface area contributed by atoms with Crippen LogP contribution in [0.2, 0.25) is 0 Å². The van der Waals surface area contributed by atoms with Gasteiger partial charge in [-0.3, -0.25) is 14.6 Å². The number of hydrogen-bond acceptors (Lipinski definition) is 9. The van der Waals surface area contributed by atoms with Crippen LogP contribution in [0.4, 0.5) is 5.82 Å². The number of anilines is 1. The van der Waals surface area contributed by atoms with Gasteiger partial charge in [0.2, 0.25) is 10.0 Å². The number of benzene rings is 1. The summed E-state index contributed by atoms with van der Waals surface area (Å²) in [5, 5.41) is 8.01. The van der Waals surface area contributed by atoms with Gasteiger partial charge in [0.15, 0.2) is 11.5 Å². The standard InChI is InChI=1S/C29H32N6O5S/c1-5-40-24-8-6-7-21(18-24)9-10-22-17-23(20-30-19-22)28(37)35-15-13-34(14-16-35)26-12-11-25(31-32-26)27(36)33-41(38,39)29(2,3)4/h6-8,11-12,17-20H,5,13-16H2,1-4H3,(H,33,36). The number of pyridine rings is 1. The minimum absolute atomic E-state index is 0.104. The van der Waals surface area contributed by atoms with E-state index in [2.05, 4.69) is 27.0 Å². The first-order chi connectivity index (χ1) is 19.5. The summed E-state index contributed by atoms with van der Waals surface area (Å²) < 4.78 is 30.9. The van der Waals surface area contributed by atoms with Crippen LogP contribution in [0.1, 0.15) is 59.7 Å². The van der Waals surface area contributed by atoms with Crippen molar-refractivity contribution in [3.8, 4) is 17.6 Å². The molecule has 1 aliphatic rings. The first-order valence-corrected chi connectivity index (χ1v) is 14.6. The van der Waals surface area contributed by atoms with Crippen molar-refractivity contribution >= 4 is 27.7 Å². The number of carbonyl (C=O) groups excluding carboxylic acids is 2. The van der Waals surface area contributed by atoms with Gasteiger partial charge >= 0.3 is 0 Å². The molecule has 2 amide bonds. The van der Waals surface area contributed by atoms with Crippen molar-refractivity contribution in [2.45, 2.75) is 32.4 Å². The summed E-state index contributed by atoms with van der Waals surface area (Å²) in [4.78, 5) is 33.4. The normalized spacial score (nSPS) is 13.7. The Kier molecular flexibility index (Phi) is 8.88. The fourth-order valence-electron chi connectivity index (χ4n) is 3.86. The van der Waals surface area contributed by atoms with Gasteiger partial charge in [0, 0.05) is 49.7 Å². The number of rotatable bonds is 6. The van der Waals surface area contributed by atoms with Crippen molar-refractivity contribution in [1.82, 2.24) is 24.8 Å². The molecule has 1 fully saturated rings. The van der Waals surface area contributed by atoms with Gasteiger partial charge in [0.25, 0.3) is 11.8 Å². The number of amides is 2. The van der Waals surface area contributed by atoms with Gasteiger partial charge in [-0.15, -0.1) is 10.2 Å². The van der Waals surface area contributed by atoms with Crippen LogP contribution in [0.15, 0.2) is 54.9 Å². The predicted molar refractivity (Wildman–Crippen MR) is 154 cm³/mol. The van der Waals surface area contributed by atoms with Crippen LogP contribution in [0.25, 0.3) is 0 Å². The first kappa shape index (κ1) is 29.5. The summed E-state index contributed by atoms with van der Waals surface area (Å²) in [5.74, 6) is 6.45. The molecule has 3 aromatic rings. The quantitative estimate of drug-likeness (QED) is 0.439. The van der Waals surface area contributed by atoms with Crippen LogP contribution in [0.5, 0.6) is 5.75 Å². The number of ether oxygens (including phenoxy) is 1. The van der Waals surface area contributed by atoms with E-state index < -0.39 is 20.7 Å². The molecule has 2 aromatic heterocycles. The third-order valence-corrected chi connectivity index (χ3v) is 8.36. The lowest BCUT2D eigenvalue weighted by atomic mass is 10.1. The molecule has 214 valence electrons. The molecule has 12 heteroatoms. The minimum atomic E-state index is -3.87. The Labute approximate surface area is 240 Å². The SMILES string of the molecule is CCOc1cccc(C#Cc2cncc(C(=O)N3CCN(c4ccc(C(=O)NS(=O)(=O)C(C)(C)C)nn4)CC3)c2)c1. The molecule has 3 heterocycles. The highest BCUT2D eigenvalue weighted by Crippen LogP contribution is 2.17. The predicted octanol–water partition coefficient (Wildman–Crippen LogP) is 2.49. The van der Waals surface area contributed by atoms with E-state index in [4.69, 9.17) is 4.74 Å². The second kappa shape index (κ2) is 12.3. The highest BCUT2D eigenvalue weighted by molar-refractivity contribution is 7.91. The molecule has 0 unspecified atom stereocenters. The van der Waals surface area contributed by atoms with Gasteiger partial charge in [0.1, 0.15) is 5.75 Å². The topological polar surface area (TPSA) is 135 Å². The second-order valence-electron chi connectivity index (χ2n) is 10.3. The minimum Gasteiger partial charge on any atom is -0.494 e. The number of nitrogens with zero attached hydrogens (tertiary/aromatic N) is 5. The van der Waals surface area contributed by atoms with Crippen molar-refractivity contribution in [1.29, 1.82) is 0 Å². The number of piperazine rings is 1. The summed E-state index contributed by atoms with van der Waals surface area (Å²) in [6.45, 7) is 8.89. The van der Waals surface area contributed by atoms with E-state index in [9.17, 15) is 18.0 Å². The number of hydrogen-bond donors (Lipinski definition) is 1. The number of aromatic nitrogens is 3. The molecule has 0 aliphatic carbocycles. The molecule has 0 spiro atoms. The van der Waals surface area contributed by atoms with Crippen molar-refractivity contribution in [3.63, 3.8) is 0 Å². The average Bonchev–Trinajstić information content (AvgIpc) is 2.96. The van der Waals surface area contributed by atoms with Crippen LogP contribution < -0.4 is 14.4 Å². The number of nitrogens with one attached hydrogen (secondary N) is 1. The average molecular weight is 577 g/mol. The Hall–Kier alpha value is -4.50. The van der Waals surface area contributed by atoms with Crippen molar-refractivity contribution in [2.75, 3.05) is 37.7 Å². The zero-order chi connectivity index (χ0) is 29.6. The van der Waals surface area contributed by atoms with E-state index in [0.717, 1.165) is 11.3 Å². The molecule has 1 aliphatic heterocycles. The molecule has 1 N–H and O–H groups in total. The molecule has 0 atom stereocenters. The Morgan fingerprint density at radius 2 is 1.71 bits per heavy atom. The number of sulfonamides is 1. The lowest BCUT2D eigenvalue weighted by molar-refractivity contribution is 0.0745. The third-order valence-electron chi connectivity index (χ3n) is 6.29. The van der Waals surface area contributed by atoms with Crippen LogP contribution in [0, 0.1) is 11.8 Å². The molecule has 0 saturated carbocycles. The van der Waals surface area contributed by atoms with E-state index in [1.165, 1.54) is 33.0 Å². The maximum absolute atomic E-state index is 13.2. The highest BCUT2D eigenvalue weighted by atomic mass is 32.2. The first-order valence-electron chi connectivity index (χ1n) is 13.1. The summed E-state index contributed by atoms with van der Waals surface area (Å²) in [7, 11) is -3.87. The van der Waals surface area contributed by atoms with E-state index in [1.807, 2.05) is 40.8 Å². The molecule has 1 aromatic carbocycles. The monoisotopic (exact) mass is 576 g/mol. The van der Waals surface area contributed by atoms with Crippen LogP contribution in [-0.2, 0) is 10.0 Å². The molecule has 41 heavy (non-hydrogen) atoms. The van der Waals surface area contributed by atoms with Gasteiger partial charge < -0.3 is 14.5 Å². The fourth-order valence-corrected chi connectivity index (χ4v) is 4.52. The van der Waals surface area contributed by atoms with E-state index >= 15 is 0 Å². The summed E-state index contributed by atoms with van der Waals surface area (Å²) in [6, 6.07) is 12.3. The van der Waals surface area contributed by atoms with Gasteiger partial charge in [-0.05, 0) is 64.1 Å². The maximum atomic E-state index is 13.2. The number of carbonyl (C=O) groups is 2. The molecule has 11 nitrogen and oxygen atoms in total. The highest BCUT2D eigenvalue weighted by Gasteiger charge is 2.31. The Balaban J connectivity index is 1.35. The Morgan fingerprint density at radius 3 is 2.37 bits per heavy atom. The van der Waals surface area contributed by atoms with Gasteiger partial charge in [-0.1, -0.05) is 17.9 Å². The molecule has 0 radical (unpaired) electrons.